The number of carbonyl (C=O) groups is 1. The quantitative estimate of drug-likeness (QED) is 0.630. The van der Waals surface area contributed by atoms with Crippen LogP contribution >= 0.6 is 0 Å². The molecule has 12 heavy (non-hydrogen) atoms. The molecule has 1 saturated carbocycles. The van der Waals surface area contributed by atoms with Crippen molar-refractivity contribution >= 4 is 5.78 Å². The molecule has 2 heteroatoms. The Hall–Kier alpha value is -0.840. The van der Waals surface area contributed by atoms with Crippen LogP contribution in [-0.2, 0) is 4.79 Å². The van der Waals surface area contributed by atoms with Crippen molar-refractivity contribution in [2.24, 2.45) is 10.8 Å². The minimum Gasteiger partial charge on any atom is -0.299 e. The van der Waals surface area contributed by atoms with Crippen LogP contribution in [0.15, 0.2) is 0 Å². The van der Waals surface area contributed by atoms with Crippen LogP contribution < -0.4 is 0 Å². The fraction of sp³-hybridized carbons (Fsp3) is 0.800. The molecule has 0 atom stereocenters. The average Bonchev–Trinajstić information content (AvgIpc) is 2.67. The summed E-state index contributed by atoms with van der Waals surface area (Å²) in [5, 5.41) is 8.77. The predicted molar refractivity (Wildman–Crippen MR) is 46.4 cm³/mol. The minimum atomic E-state index is -0.285. The van der Waals surface area contributed by atoms with E-state index in [1.54, 1.807) is 0 Å². The highest BCUT2D eigenvalue weighted by molar-refractivity contribution is 5.84. The molecule has 0 aliphatic heterocycles. The number of nitrogens with zero attached hydrogens (tertiary/aromatic N) is 1. The van der Waals surface area contributed by atoms with E-state index in [1.165, 1.54) is 0 Å². The number of ketones is 1. The Bertz CT molecular complexity index is 238. The van der Waals surface area contributed by atoms with Gasteiger partial charge in [0.25, 0.3) is 0 Å². The summed E-state index contributed by atoms with van der Waals surface area (Å²) in [5.41, 5.74) is -0.559. The summed E-state index contributed by atoms with van der Waals surface area (Å²) < 4.78 is 0. The van der Waals surface area contributed by atoms with E-state index >= 15 is 0 Å². The Balaban J connectivity index is 2.54. The van der Waals surface area contributed by atoms with Gasteiger partial charge in [0.15, 0.2) is 0 Å². The number of nitriles is 1. The Morgan fingerprint density at radius 3 is 2.25 bits per heavy atom. The molecule has 1 rings (SSSR count). The lowest BCUT2D eigenvalue weighted by Crippen LogP contribution is -2.22. The Labute approximate surface area is 73.6 Å². The van der Waals surface area contributed by atoms with Crippen LogP contribution in [0.4, 0.5) is 0 Å². The molecular weight excluding hydrogens is 150 g/mol. The van der Waals surface area contributed by atoms with Gasteiger partial charge in [-0.3, -0.25) is 4.79 Å². The third kappa shape index (κ3) is 1.85. The highest BCUT2D eigenvalue weighted by atomic mass is 16.1. The van der Waals surface area contributed by atoms with Gasteiger partial charge in [-0.05, 0) is 12.8 Å². The lowest BCUT2D eigenvalue weighted by Gasteiger charge is -2.17. The second-order valence-corrected chi connectivity index (χ2v) is 4.74. The maximum Gasteiger partial charge on any atom is 0.139 e. The number of Topliss-reactive ketones (excluding diaryl/α,β-unsaturated/α-hetero) is 1. The zero-order chi connectivity index (χ0) is 9.41. The smallest absolute Gasteiger partial charge is 0.139 e. The largest absolute Gasteiger partial charge is 0.299 e. The molecular formula is C10H15NO. The standard InChI is InChI=1S/C10H15NO/c1-9(2,3)8(12)6-10(7-11)4-5-10/h4-6H2,1-3H3. The summed E-state index contributed by atoms with van der Waals surface area (Å²) in [6, 6.07) is 2.23. The first-order valence-corrected chi connectivity index (χ1v) is 4.34. The zero-order valence-corrected chi connectivity index (χ0v) is 7.98. The van der Waals surface area contributed by atoms with Crippen molar-refractivity contribution in [2.75, 3.05) is 0 Å². The number of carbonyl (C=O) groups excluding carboxylic acids is 1. The molecule has 0 unspecified atom stereocenters. The highest BCUT2D eigenvalue weighted by Crippen LogP contribution is 2.49. The molecule has 2 nitrogen and oxygen atoms in total. The van der Waals surface area contributed by atoms with Crippen LogP contribution in [0.3, 0.4) is 0 Å². The number of hydrogen-bond donors (Lipinski definition) is 0. The molecule has 0 amide bonds. The SMILES string of the molecule is CC(C)(C)C(=O)CC1(C#N)CC1. The van der Waals surface area contributed by atoms with E-state index in [0.717, 1.165) is 12.8 Å². The van der Waals surface area contributed by atoms with Crippen molar-refractivity contribution in [1.29, 1.82) is 5.26 Å². The van der Waals surface area contributed by atoms with Crippen LogP contribution in [0, 0.1) is 22.2 Å². The fourth-order valence-electron chi connectivity index (χ4n) is 1.05. The van der Waals surface area contributed by atoms with Crippen molar-refractivity contribution in [1.82, 2.24) is 0 Å². The minimum absolute atomic E-state index is 0.210. The molecule has 1 fully saturated rings. The topological polar surface area (TPSA) is 40.9 Å². The average molecular weight is 165 g/mol. The van der Waals surface area contributed by atoms with Crippen molar-refractivity contribution in [3.05, 3.63) is 0 Å². The second kappa shape index (κ2) is 2.58. The van der Waals surface area contributed by atoms with Crippen molar-refractivity contribution in [3.8, 4) is 6.07 Å². The summed E-state index contributed by atoms with van der Waals surface area (Å²) in [7, 11) is 0. The molecule has 0 N–H and O–H groups in total. The molecule has 66 valence electrons. The van der Waals surface area contributed by atoms with Gasteiger partial charge in [0.2, 0.25) is 0 Å². The van der Waals surface area contributed by atoms with Crippen LogP contribution in [0.25, 0.3) is 0 Å². The molecule has 1 aliphatic rings. The van der Waals surface area contributed by atoms with E-state index in [1.807, 2.05) is 20.8 Å². The van der Waals surface area contributed by atoms with Gasteiger partial charge in [0.1, 0.15) is 5.78 Å². The first kappa shape index (κ1) is 9.25. The fourth-order valence-corrected chi connectivity index (χ4v) is 1.05. The van der Waals surface area contributed by atoms with Crippen molar-refractivity contribution in [3.63, 3.8) is 0 Å². The maximum atomic E-state index is 11.5. The van der Waals surface area contributed by atoms with E-state index < -0.39 is 0 Å². The third-order valence-corrected chi connectivity index (χ3v) is 2.43. The molecule has 0 heterocycles. The zero-order valence-electron chi connectivity index (χ0n) is 7.98. The summed E-state index contributed by atoms with van der Waals surface area (Å²) in [4.78, 5) is 11.5. The van der Waals surface area contributed by atoms with Gasteiger partial charge >= 0.3 is 0 Å². The molecule has 1 aliphatic carbocycles. The van der Waals surface area contributed by atoms with Gasteiger partial charge in [0.05, 0.1) is 11.5 Å². The van der Waals surface area contributed by atoms with Crippen molar-refractivity contribution in [2.45, 2.75) is 40.0 Å². The summed E-state index contributed by atoms with van der Waals surface area (Å²) in [6.45, 7) is 5.72. The molecule has 0 aromatic carbocycles. The summed E-state index contributed by atoms with van der Waals surface area (Å²) in [6.07, 6.45) is 2.27. The van der Waals surface area contributed by atoms with Gasteiger partial charge in [0, 0.05) is 11.8 Å². The maximum absolute atomic E-state index is 11.5. The number of rotatable bonds is 2. The predicted octanol–water partition coefficient (Wildman–Crippen LogP) is 2.30. The Kier molecular flexibility index (Phi) is 1.99. The molecule has 0 aromatic rings. The Morgan fingerprint density at radius 2 is 2.00 bits per heavy atom. The van der Waals surface area contributed by atoms with Crippen molar-refractivity contribution < 1.29 is 4.79 Å². The molecule has 0 aromatic heterocycles. The molecule has 0 saturated heterocycles. The van der Waals surface area contributed by atoms with Crippen LogP contribution in [0.5, 0.6) is 0 Å². The summed E-state index contributed by atoms with van der Waals surface area (Å²) >= 11 is 0. The third-order valence-electron chi connectivity index (χ3n) is 2.43. The van der Waals surface area contributed by atoms with Gasteiger partial charge in [-0.25, -0.2) is 0 Å². The molecule has 0 bridgehead atoms. The molecule has 0 radical (unpaired) electrons. The summed E-state index contributed by atoms with van der Waals surface area (Å²) in [5.74, 6) is 0.210. The van der Waals surface area contributed by atoms with E-state index in [2.05, 4.69) is 6.07 Å². The highest BCUT2D eigenvalue weighted by Gasteiger charge is 2.46. The lowest BCUT2D eigenvalue weighted by molar-refractivity contribution is -0.127. The van der Waals surface area contributed by atoms with Gasteiger partial charge in [-0.15, -0.1) is 0 Å². The first-order valence-electron chi connectivity index (χ1n) is 4.34. The monoisotopic (exact) mass is 165 g/mol. The Morgan fingerprint density at radius 1 is 1.50 bits per heavy atom. The molecule has 0 spiro atoms. The van der Waals surface area contributed by atoms with Crippen LogP contribution in [0.2, 0.25) is 0 Å². The van der Waals surface area contributed by atoms with E-state index in [4.69, 9.17) is 5.26 Å². The normalized spacial score (nSPS) is 19.8. The first-order chi connectivity index (χ1) is 5.40. The van der Waals surface area contributed by atoms with E-state index in [0.29, 0.717) is 6.42 Å². The van der Waals surface area contributed by atoms with Gasteiger partial charge in [-0.2, -0.15) is 5.26 Å². The van der Waals surface area contributed by atoms with Gasteiger partial charge in [-0.1, -0.05) is 20.8 Å². The van der Waals surface area contributed by atoms with E-state index in [-0.39, 0.29) is 16.6 Å². The number of hydrogen-bond acceptors (Lipinski definition) is 2. The van der Waals surface area contributed by atoms with Crippen LogP contribution in [-0.4, -0.2) is 5.78 Å². The van der Waals surface area contributed by atoms with Gasteiger partial charge < -0.3 is 0 Å². The lowest BCUT2D eigenvalue weighted by atomic mass is 9.84. The second-order valence-electron chi connectivity index (χ2n) is 4.74. The van der Waals surface area contributed by atoms with E-state index in [9.17, 15) is 4.79 Å². The van der Waals surface area contributed by atoms with Crippen LogP contribution in [0.1, 0.15) is 40.0 Å².